The first-order chi connectivity index (χ1) is 15.9. The summed E-state index contributed by atoms with van der Waals surface area (Å²) in [7, 11) is 0. The van der Waals surface area contributed by atoms with Gasteiger partial charge in [0.05, 0.1) is 28.8 Å². The highest BCUT2D eigenvalue weighted by atomic mass is 79.9. The zero-order valence-corrected chi connectivity index (χ0v) is 20.3. The molecule has 3 rings (SSSR count). The first-order valence-electron chi connectivity index (χ1n) is 10.9. The lowest BCUT2D eigenvalue weighted by molar-refractivity contribution is 0.0509. The van der Waals surface area contributed by atoms with Gasteiger partial charge in [0.15, 0.2) is 0 Å². The van der Waals surface area contributed by atoms with Crippen LogP contribution in [0, 0.1) is 5.92 Å². The van der Waals surface area contributed by atoms with Crippen LogP contribution < -0.4 is 9.47 Å². The van der Waals surface area contributed by atoms with Crippen molar-refractivity contribution in [2.75, 3.05) is 13.2 Å². The monoisotopic (exact) mass is 510 g/mol. The minimum Gasteiger partial charge on any atom is -0.492 e. The molecule has 0 saturated heterocycles. The molecule has 0 aromatic heterocycles. The third-order valence-corrected chi connectivity index (χ3v) is 5.51. The second-order valence-corrected chi connectivity index (χ2v) is 8.82. The SMILES string of the molecule is CC(C)CCOc1ccc(C(=O)Oc2ccc(C(=O)OCCc3ccccc3)cc2)cc1Br. The molecular formula is C27H27BrO5. The normalized spacial score (nSPS) is 10.7. The molecule has 6 heteroatoms. The Balaban J connectivity index is 1.51. The number of carbonyl (C=O) groups excluding carboxylic acids is 2. The van der Waals surface area contributed by atoms with Crippen molar-refractivity contribution in [3.8, 4) is 11.5 Å². The van der Waals surface area contributed by atoms with Crippen LogP contribution in [0.15, 0.2) is 77.3 Å². The van der Waals surface area contributed by atoms with Crippen LogP contribution >= 0.6 is 15.9 Å². The molecule has 0 fully saturated rings. The zero-order valence-electron chi connectivity index (χ0n) is 18.8. The van der Waals surface area contributed by atoms with Crippen molar-refractivity contribution in [3.63, 3.8) is 0 Å². The Morgan fingerprint density at radius 2 is 1.55 bits per heavy atom. The molecule has 0 bridgehead atoms. The highest BCUT2D eigenvalue weighted by molar-refractivity contribution is 9.10. The molecule has 0 heterocycles. The molecule has 33 heavy (non-hydrogen) atoms. The van der Waals surface area contributed by atoms with E-state index in [4.69, 9.17) is 14.2 Å². The highest BCUT2D eigenvalue weighted by Gasteiger charge is 2.13. The molecule has 0 amide bonds. The van der Waals surface area contributed by atoms with Crippen LogP contribution in [0.4, 0.5) is 0 Å². The Labute approximate surface area is 202 Å². The van der Waals surface area contributed by atoms with Gasteiger partial charge in [-0.25, -0.2) is 9.59 Å². The summed E-state index contributed by atoms with van der Waals surface area (Å²) in [5.41, 5.74) is 1.89. The van der Waals surface area contributed by atoms with Gasteiger partial charge in [-0.15, -0.1) is 0 Å². The molecule has 0 saturated carbocycles. The summed E-state index contributed by atoms with van der Waals surface area (Å²) >= 11 is 3.44. The van der Waals surface area contributed by atoms with Crippen molar-refractivity contribution in [1.82, 2.24) is 0 Å². The Morgan fingerprint density at radius 1 is 0.848 bits per heavy atom. The van der Waals surface area contributed by atoms with Crippen LogP contribution in [-0.2, 0) is 11.2 Å². The summed E-state index contributed by atoms with van der Waals surface area (Å²) in [5.74, 6) is 0.667. The third kappa shape index (κ3) is 7.75. The van der Waals surface area contributed by atoms with Crippen molar-refractivity contribution in [3.05, 3.63) is 94.0 Å². The standard InChI is InChI=1S/C27H27BrO5/c1-19(2)14-16-31-25-13-10-22(18-24(25)28)27(30)33-23-11-8-21(9-12-23)26(29)32-17-15-20-6-4-3-5-7-20/h3-13,18-19H,14-17H2,1-2H3. The molecule has 0 aliphatic rings. The van der Waals surface area contributed by atoms with Crippen LogP contribution in [0.2, 0.25) is 0 Å². The maximum absolute atomic E-state index is 12.5. The van der Waals surface area contributed by atoms with Crippen LogP contribution in [0.5, 0.6) is 11.5 Å². The maximum atomic E-state index is 12.5. The Morgan fingerprint density at radius 3 is 2.21 bits per heavy atom. The van der Waals surface area contributed by atoms with Crippen molar-refractivity contribution in [2.45, 2.75) is 26.7 Å². The molecule has 0 radical (unpaired) electrons. The first kappa shape index (κ1) is 24.5. The van der Waals surface area contributed by atoms with E-state index in [1.807, 2.05) is 30.3 Å². The second-order valence-electron chi connectivity index (χ2n) is 7.96. The van der Waals surface area contributed by atoms with E-state index in [-0.39, 0.29) is 0 Å². The fraction of sp³-hybridized carbons (Fsp3) is 0.259. The predicted octanol–water partition coefficient (Wildman–Crippen LogP) is 6.49. The smallest absolute Gasteiger partial charge is 0.343 e. The summed E-state index contributed by atoms with van der Waals surface area (Å²) in [6.07, 6.45) is 1.60. The van der Waals surface area contributed by atoms with Gasteiger partial charge in [0.1, 0.15) is 11.5 Å². The van der Waals surface area contributed by atoms with Crippen molar-refractivity contribution in [1.29, 1.82) is 0 Å². The molecule has 3 aromatic rings. The zero-order chi connectivity index (χ0) is 23.6. The van der Waals surface area contributed by atoms with E-state index >= 15 is 0 Å². The minimum atomic E-state index is -0.498. The summed E-state index contributed by atoms with van der Waals surface area (Å²) in [4.78, 5) is 24.7. The number of carbonyl (C=O) groups is 2. The molecule has 0 N–H and O–H groups in total. The molecule has 5 nitrogen and oxygen atoms in total. The summed E-state index contributed by atoms with van der Waals surface area (Å²) in [6.45, 7) is 5.19. The number of benzene rings is 3. The van der Waals surface area contributed by atoms with E-state index < -0.39 is 11.9 Å². The predicted molar refractivity (Wildman–Crippen MR) is 131 cm³/mol. The van der Waals surface area contributed by atoms with E-state index in [1.54, 1.807) is 42.5 Å². The molecule has 0 aliphatic heterocycles. The minimum absolute atomic E-state index is 0.297. The lowest BCUT2D eigenvalue weighted by atomic mass is 10.1. The van der Waals surface area contributed by atoms with E-state index in [1.165, 1.54) is 0 Å². The lowest BCUT2D eigenvalue weighted by Crippen LogP contribution is -2.10. The van der Waals surface area contributed by atoms with Gasteiger partial charge in [-0.05, 0) is 76.3 Å². The van der Waals surface area contributed by atoms with E-state index in [9.17, 15) is 9.59 Å². The van der Waals surface area contributed by atoms with E-state index in [2.05, 4.69) is 29.8 Å². The topological polar surface area (TPSA) is 61.8 Å². The van der Waals surface area contributed by atoms with Gasteiger partial charge in [0.25, 0.3) is 0 Å². The molecule has 3 aromatic carbocycles. The molecule has 0 atom stereocenters. The van der Waals surface area contributed by atoms with Gasteiger partial charge in [-0.3, -0.25) is 0 Å². The maximum Gasteiger partial charge on any atom is 0.343 e. The van der Waals surface area contributed by atoms with Gasteiger partial charge < -0.3 is 14.2 Å². The van der Waals surface area contributed by atoms with Crippen LogP contribution in [0.3, 0.4) is 0 Å². The number of hydrogen-bond donors (Lipinski definition) is 0. The molecule has 0 aliphatic carbocycles. The van der Waals surface area contributed by atoms with E-state index in [0.717, 1.165) is 12.0 Å². The van der Waals surface area contributed by atoms with Crippen molar-refractivity contribution >= 4 is 27.9 Å². The second kappa shape index (κ2) is 12.2. The highest BCUT2D eigenvalue weighted by Crippen LogP contribution is 2.27. The summed E-state index contributed by atoms with van der Waals surface area (Å²) in [5, 5.41) is 0. The Hall–Kier alpha value is -3.12. The number of ether oxygens (including phenoxy) is 3. The van der Waals surface area contributed by atoms with Crippen molar-refractivity contribution < 1.29 is 23.8 Å². The largest absolute Gasteiger partial charge is 0.492 e. The van der Waals surface area contributed by atoms with Crippen LogP contribution in [0.25, 0.3) is 0 Å². The lowest BCUT2D eigenvalue weighted by Gasteiger charge is -2.11. The number of esters is 2. The first-order valence-corrected chi connectivity index (χ1v) is 11.7. The van der Waals surface area contributed by atoms with Gasteiger partial charge in [0.2, 0.25) is 0 Å². The number of rotatable bonds is 10. The third-order valence-electron chi connectivity index (χ3n) is 4.89. The van der Waals surface area contributed by atoms with Gasteiger partial charge in [-0.2, -0.15) is 0 Å². The quantitative estimate of drug-likeness (QED) is 0.230. The van der Waals surface area contributed by atoms with Gasteiger partial charge in [0, 0.05) is 6.42 Å². The molecular weight excluding hydrogens is 484 g/mol. The number of hydrogen-bond acceptors (Lipinski definition) is 5. The Bertz CT molecular complexity index is 1060. The van der Waals surface area contributed by atoms with Crippen molar-refractivity contribution in [2.24, 2.45) is 5.92 Å². The average Bonchev–Trinajstić information content (AvgIpc) is 2.81. The van der Waals surface area contributed by atoms with Gasteiger partial charge in [-0.1, -0.05) is 44.2 Å². The molecule has 0 spiro atoms. The summed E-state index contributed by atoms with van der Waals surface area (Å²) in [6, 6.07) is 21.2. The van der Waals surface area contributed by atoms with E-state index in [0.29, 0.717) is 52.7 Å². The van der Waals surface area contributed by atoms with Gasteiger partial charge >= 0.3 is 11.9 Å². The number of halogens is 1. The summed E-state index contributed by atoms with van der Waals surface area (Å²) < 4.78 is 17.2. The Kier molecular flexibility index (Phi) is 9.07. The molecule has 0 unspecified atom stereocenters. The molecule has 172 valence electrons. The van der Waals surface area contributed by atoms with Crippen LogP contribution in [-0.4, -0.2) is 25.2 Å². The fourth-order valence-corrected chi connectivity index (χ4v) is 3.46. The average molecular weight is 511 g/mol. The van der Waals surface area contributed by atoms with Crippen LogP contribution in [0.1, 0.15) is 46.5 Å². The fourth-order valence-electron chi connectivity index (χ4n) is 2.96.